The number of hydrogen-bond donors (Lipinski definition) is 0. The first kappa shape index (κ1) is 14.2. The Morgan fingerprint density at radius 2 is 2.00 bits per heavy atom. The maximum atomic E-state index is 11.6. The fourth-order valence-corrected chi connectivity index (χ4v) is 1.71. The lowest BCUT2D eigenvalue weighted by molar-refractivity contribution is -0.145. The number of carbonyl (C=O) groups excluding carboxylic acids is 2. The van der Waals surface area contributed by atoms with Gasteiger partial charge in [0.15, 0.2) is 0 Å². The van der Waals surface area contributed by atoms with Gasteiger partial charge in [0.1, 0.15) is 18.0 Å². The summed E-state index contributed by atoms with van der Waals surface area (Å²) >= 11 is 0. The number of ether oxygens (including phenoxy) is 2. The quantitative estimate of drug-likeness (QED) is 0.573. The van der Waals surface area contributed by atoms with Gasteiger partial charge in [0.25, 0.3) is 0 Å². The van der Waals surface area contributed by atoms with E-state index in [9.17, 15) is 9.59 Å². The molecule has 1 rings (SSSR count). The van der Waals surface area contributed by atoms with E-state index >= 15 is 0 Å². The van der Waals surface area contributed by atoms with Gasteiger partial charge in [-0.25, -0.2) is 0 Å². The molecule has 0 fully saturated rings. The Kier molecular flexibility index (Phi) is 5.36. The molecule has 4 heteroatoms. The second kappa shape index (κ2) is 6.79. The summed E-state index contributed by atoms with van der Waals surface area (Å²) < 4.78 is 9.87. The summed E-state index contributed by atoms with van der Waals surface area (Å²) in [5, 5.41) is 0. The number of rotatable bonds is 6. The lowest BCUT2D eigenvalue weighted by Crippen LogP contribution is -2.13. The zero-order valence-electron chi connectivity index (χ0n) is 11.0. The van der Waals surface area contributed by atoms with Crippen LogP contribution in [-0.2, 0) is 20.7 Å². The summed E-state index contributed by atoms with van der Waals surface area (Å²) in [6, 6.07) is 5.54. The molecular formula is C14H18O4. The zero-order valence-corrected chi connectivity index (χ0v) is 11.0. The molecule has 0 aliphatic heterocycles. The molecule has 0 saturated heterocycles. The first-order chi connectivity index (χ1) is 8.56. The van der Waals surface area contributed by atoms with Crippen molar-refractivity contribution in [2.75, 3.05) is 13.7 Å². The summed E-state index contributed by atoms with van der Waals surface area (Å²) in [6.45, 7) is 3.93. The molecule has 0 aromatic heterocycles. The van der Waals surface area contributed by atoms with Crippen LogP contribution in [0.5, 0.6) is 5.75 Å². The van der Waals surface area contributed by atoms with Crippen LogP contribution in [0.2, 0.25) is 0 Å². The van der Waals surface area contributed by atoms with Crippen molar-refractivity contribution in [3.05, 3.63) is 29.3 Å². The molecule has 0 aliphatic rings. The third kappa shape index (κ3) is 4.20. The van der Waals surface area contributed by atoms with E-state index in [2.05, 4.69) is 0 Å². The van der Waals surface area contributed by atoms with Crippen LogP contribution in [0.4, 0.5) is 0 Å². The summed E-state index contributed by atoms with van der Waals surface area (Å²) in [5.74, 6) is 0.183. The molecule has 0 saturated carbocycles. The van der Waals surface area contributed by atoms with Crippen LogP contribution < -0.4 is 4.74 Å². The average Bonchev–Trinajstić information content (AvgIpc) is 2.29. The summed E-state index contributed by atoms with van der Waals surface area (Å²) in [4.78, 5) is 22.8. The Bertz CT molecular complexity index is 437. The minimum absolute atomic E-state index is 0.141. The monoisotopic (exact) mass is 250 g/mol. The van der Waals surface area contributed by atoms with Crippen LogP contribution in [0.3, 0.4) is 0 Å². The van der Waals surface area contributed by atoms with E-state index in [1.54, 1.807) is 14.0 Å². The average molecular weight is 250 g/mol. The molecular weight excluding hydrogens is 232 g/mol. The van der Waals surface area contributed by atoms with E-state index in [1.807, 2.05) is 25.1 Å². The van der Waals surface area contributed by atoms with Gasteiger partial charge in [-0.15, -0.1) is 0 Å². The van der Waals surface area contributed by atoms with E-state index < -0.39 is 5.97 Å². The topological polar surface area (TPSA) is 52.6 Å². The van der Waals surface area contributed by atoms with Crippen molar-refractivity contribution in [1.29, 1.82) is 0 Å². The first-order valence-corrected chi connectivity index (χ1v) is 5.87. The van der Waals surface area contributed by atoms with Crippen LogP contribution >= 0.6 is 0 Å². The van der Waals surface area contributed by atoms with Crippen LogP contribution in [0.15, 0.2) is 18.2 Å². The van der Waals surface area contributed by atoms with Crippen molar-refractivity contribution < 1.29 is 19.1 Å². The van der Waals surface area contributed by atoms with E-state index in [0.29, 0.717) is 6.61 Å². The lowest BCUT2D eigenvalue weighted by atomic mass is 10.0. The van der Waals surface area contributed by atoms with Gasteiger partial charge in [0.05, 0.1) is 13.7 Å². The van der Waals surface area contributed by atoms with Crippen molar-refractivity contribution in [3.63, 3.8) is 0 Å². The number of Topliss-reactive ketones (excluding diaryl/α,β-unsaturated/α-hetero) is 1. The summed E-state index contributed by atoms with van der Waals surface area (Å²) in [6.07, 6.45) is 0.0720. The minimum Gasteiger partial charge on any atom is -0.496 e. The third-order valence-corrected chi connectivity index (χ3v) is 2.51. The Balaban J connectivity index is 2.59. The fraction of sp³-hybridized carbons (Fsp3) is 0.429. The molecule has 0 amide bonds. The number of aryl methyl sites for hydroxylation is 1. The molecule has 0 N–H and O–H groups in total. The smallest absolute Gasteiger partial charge is 0.313 e. The molecule has 98 valence electrons. The molecule has 0 spiro atoms. The van der Waals surface area contributed by atoms with Gasteiger partial charge < -0.3 is 9.47 Å². The molecule has 1 aromatic carbocycles. The van der Waals surface area contributed by atoms with Crippen LogP contribution in [0, 0.1) is 6.92 Å². The first-order valence-electron chi connectivity index (χ1n) is 5.87. The number of esters is 1. The second-order valence-corrected chi connectivity index (χ2v) is 4.00. The highest BCUT2D eigenvalue weighted by molar-refractivity contribution is 5.96. The van der Waals surface area contributed by atoms with Gasteiger partial charge in [0.2, 0.25) is 0 Å². The Morgan fingerprint density at radius 3 is 2.56 bits per heavy atom. The maximum Gasteiger partial charge on any atom is 0.313 e. The molecule has 18 heavy (non-hydrogen) atoms. The molecule has 0 atom stereocenters. The molecule has 0 bridgehead atoms. The van der Waals surface area contributed by atoms with Crippen molar-refractivity contribution in [1.82, 2.24) is 0 Å². The predicted molar refractivity (Wildman–Crippen MR) is 67.7 cm³/mol. The van der Waals surface area contributed by atoms with Crippen molar-refractivity contribution in [2.45, 2.75) is 26.7 Å². The number of methoxy groups -OCH3 is 1. The SMILES string of the molecule is CCOC(=O)CC(=O)Cc1ccc(OC)c(C)c1. The highest BCUT2D eigenvalue weighted by Gasteiger charge is 2.11. The Labute approximate surface area is 107 Å². The largest absolute Gasteiger partial charge is 0.496 e. The van der Waals surface area contributed by atoms with Gasteiger partial charge in [-0.3, -0.25) is 9.59 Å². The third-order valence-electron chi connectivity index (χ3n) is 2.51. The summed E-state index contributed by atoms with van der Waals surface area (Å²) in [7, 11) is 1.61. The van der Waals surface area contributed by atoms with E-state index in [4.69, 9.17) is 9.47 Å². The number of hydrogen-bond acceptors (Lipinski definition) is 4. The molecule has 1 aromatic rings. The highest BCUT2D eigenvalue weighted by Crippen LogP contribution is 2.19. The fourth-order valence-electron chi connectivity index (χ4n) is 1.71. The second-order valence-electron chi connectivity index (χ2n) is 4.00. The number of ketones is 1. The highest BCUT2D eigenvalue weighted by atomic mass is 16.5. The predicted octanol–water partition coefficient (Wildman–Crippen LogP) is 2.07. The number of carbonyl (C=O) groups is 2. The van der Waals surface area contributed by atoms with E-state index in [-0.39, 0.29) is 18.6 Å². The normalized spacial score (nSPS) is 9.94. The van der Waals surface area contributed by atoms with Gasteiger partial charge >= 0.3 is 5.97 Å². The van der Waals surface area contributed by atoms with Crippen molar-refractivity contribution in [3.8, 4) is 5.75 Å². The summed E-state index contributed by atoms with van der Waals surface area (Å²) in [5.41, 5.74) is 1.85. The van der Waals surface area contributed by atoms with E-state index in [1.165, 1.54) is 0 Å². The molecule has 0 radical (unpaired) electrons. The molecule has 0 heterocycles. The lowest BCUT2D eigenvalue weighted by Gasteiger charge is -2.07. The maximum absolute atomic E-state index is 11.6. The van der Waals surface area contributed by atoms with Crippen molar-refractivity contribution in [2.24, 2.45) is 0 Å². The van der Waals surface area contributed by atoms with Gasteiger partial charge in [-0.2, -0.15) is 0 Å². The number of benzene rings is 1. The minimum atomic E-state index is -0.465. The Hall–Kier alpha value is -1.84. The van der Waals surface area contributed by atoms with Crippen LogP contribution in [0.1, 0.15) is 24.5 Å². The standard InChI is InChI=1S/C14H18O4/c1-4-18-14(16)9-12(15)8-11-5-6-13(17-3)10(2)7-11/h5-7H,4,8-9H2,1-3H3. The van der Waals surface area contributed by atoms with Gasteiger partial charge in [-0.1, -0.05) is 12.1 Å². The molecule has 4 nitrogen and oxygen atoms in total. The van der Waals surface area contributed by atoms with E-state index in [0.717, 1.165) is 16.9 Å². The molecule has 0 aliphatic carbocycles. The van der Waals surface area contributed by atoms with Crippen LogP contribution in [-0.4, -0.2) is 25.5 Å². The zero-order chi connectivity index (χ0) is 13.5. The van der Waals surface area contributed by atoms with Gasteiger partial charge in [-0.05, 0) is 31.0 Å². The van der Waals surface area contributed by atoms with Crippen molar-refractivity contribution >= 4 is 11.8 Å². The van der Waals surface area contributed by atoms with Crippen LogP contribution in [0.25, 0.3) is 0 Å². The Morgan fingerprint density at radius 1 is 1.28 bits per heavy atom. The van der Waals surface area contributed by atoms with Gasteiger partial charge in [0, 0.05) is 6.42 Å². The molecule has 0 unspecified atom stereocenters.